The van der Waals surface area contributed by atoms with Gasteiger partial charge in [-0.2, -0.15) is 0 Å². The molecule has 0 saturated carbocycles. The average Bonchev–Trinajstić information content (AvgIpc) is 2.43. The summed E-state index contributed by atoms with van der Waals surface area (Å²) in [5.41, 5.74) is 1.52. The summed E-state index contributed by atoms with van der Waals surface area (Å²) in [6.45, 7) is 5.16. The smallest absolute Gasteiger partial charge is 0.219 e. The van der Waals surface area contributed by atoms with Crippen LogP contribution in [0.3, 0.4) is 0 Å². The Morgan fingerprint density at radius 3 is 2.80 bits per heavy atom. The lowest BCUT2D eigenvalue weighted by Gasteiger charge is -2.33. The van der Waals surface area contributed by atoms with Crippen LogP contribution in [0.5, 0.6) is 0 Å². The van der Waals surface area contributed by atoms with Crippen LogP contribution in [0.15, 0.2) is 36.0 Å². The molecule has 1 heterocycles. The van der Waals surface area contributed by atoms with E-state index in [1.165, 1.54) is 5.57 Å². The van der Waals surface area contributed by atoms with E-state index in [-0.39, 0.29) is 5.91 Å². The van der Waals surface area contributed by atoms with Gasteiger partial charge in [-0.3, -0.25) is 9.69 Å². The van der Waals surface area contributed by atoms with Crippen LogP contribution in [-0.4, -0.2) is 36.5 Å². The number of piperidine rings is 1. The Kier molecular flexibility index (Phi) is 6.06. The van der Waals surface area contributed by atoms with E-state index in [9.17, 15) is 4.79 Å². The maximum absolute atomic E-state index is 11.4. The highest BCUT2D eigenvalue weighted by atomic mass is 16.1. The monoisotopic (exact) mass is 274 g/mol. The first-order valence-electron chi connectivity index (χ1n) is 7.79. The van der Waals surface area contributed by atoms with Gasteiger partial charge in [0.05, 0.1) is 0 Å². The molecule has 0 aromatic carbocycles. The summed E-state index contributed by atoms with van der Waals surface area (Å²) in [4.78, 5) is 13.9. The topological polar surface area (TPSA) is 32.3 Å². The van der Waals surface area contributed by atoms with Crippen LogP contribution in [0.25, 0.3) is 0 Å². The molecule has 1 fully saturated rings. The largest absolute Gasteiger partial charge is 0.353 e. The number of amides is 1. The van der Waals surface area contributed by atoms with E-state index in [4.69, 9.17) is 0 Å². The first-order chi connectivity index (χ1) is 9.78. The van der Waals surface area contributed by atoms with Crippen LogP contribution in [0.2, 0.25) is 0 Å². The molecule has 1 aliphatic carbocycles. The SMILES string of the molecule is CCC(=O)NC1CCN(C/C2=C/C/C=C\C=CC2)CC1. The van der Waals surface area contributed by atoms with E-state index in [2.05, 4.69) is 40.6 Å². The zero-order valence-corrected chi connectivity index (χ0v) is 12.5. The van der Waals surface area contributed by atoms with Crippen molar-refractivity contribution < 1.29 is 4.79 Å². The minimum atomic E-state index is 0.183. The van der Waals surface area contributed by atoms with Gasteiger partial charge in [-0.05, 0) is 25.7 Å². The van der Waals surface area contributed by atoms with E-state index >= 15 is 0 Å². The third-order valence-corrected chi connectivity index (χ3v) is 4.01. The molecule has 0 bridgehead atoms. The second kappa shape index (κ2) is 8.05. The lowest BCUT2D eigenvalue weighted by Crippen LogP contribution is -2.44. The Morgan fingerprint density at radius 2 is 2.05 bits per heavy atom. The summed E-state index contributed by atoms with van der Waals surface area (Å²) in [5.74, 6) is 0.183. The lowest BCUT2D eigenvalue weighted by atomic mass is 10.0. The fourth-order valence-corrected chi connectivity index (χ4v) is 2.75. The van der Waals surface area contributed by atoms with Crippen LogP contribution < -0.4 is 5.32 Å². The molecule has 110 valence electrons. The highest BCUT2D eigenvalue weighted by Crippen LogP contribution is 2.15. The Balaban J connectivity index is 1.75. The quantitative estimate of drug-likeness (QED) is 0.800. The van der Waals surface area contributed by atoms with Gasteiger partial charge in [-0.1, -0.05) is 42.9 Å². The minimum Gasteiger partial charge on any atom is -0.353 e. The highest BCUT2D eigenvalue weighted by molar-refractivity contribution is 5.75. The third-order valence-electron chi connectivity index (χ3n) is 4.01. The minimum absolute atomic E-state index is 0.183. The van der Waals surface area contributed by atoms with Crippen molar-refractivity contribution in [2.45, 2.75) is 45.1 Å². The van der Waals surface area contributed by atoms with Gasteiger partial charge < -0.3 is 5.32 Å². The molecule has 0 aromatic heterocycles. The predicted molar refractivity (Wildman–Crippen MR) is 83.5 cm³/mol. The predicted octanol–water partition coefficient (Wildman–Crippen LogP) is 2.81. The van der Waals surface area contributed by atoms with E-state index in [0.29, 0.717) is 12.5 Å². The van der Waals surface area contributed by atoms with E-state index < -0.39 is 0 Å². The number of allylic oxidation sites excluding steroid dienone is 5. The van der Waals surface area contributed by atoms with Gasteiger partial charge in [-0.25, -0.2) is 0 Å². The lowest BCUT2D eigenvalue weighted by molar-refractivity contribution is -0.121. The molecule has 0 spiro atoms. The van der Waals surface area contributed by atoms with Crippen molar-refractivity contribution in [3.8, 4) is 0 Å². The normalized spacial score (nSPS) is 25.4. The third kappa shape index (κ3) is 4.97. The van der Waals surface area contributed by atoms with Crippen molar-refractivity contribution in [3.05, 3.63) is 36.0 Å². The molecule has 2 rings (SSSR count). The summed E-state index contributed by atoms with van der Waals surface area (Å²) in [5, 5.41) is 3.11. The van der Waals surface area contributed by atoms with Crippen molar-refractivity contribution in [1.82, 2.24) is 10.2 Å². The number of hydrogen-bond acceptors (Lipinski definition) is 2. The number of likely N-dealkylation sites (tertiary alicyclic amines) is 1. The first kappa shape index (κ1) is 15.0. The molecule has 0 radical (unpaired) electrons. The molecule has 3 nitrogen and oxygen atoms in total. The van der Waals surface area contributed by atoms with Crippen molar-refractivity contribution in [2.24, 2.45) is 0 Å². The van der Waals surface area contributed by atoms with Gasteiger partial charge in [0.1, 0.15) is 0 Å². The van der Waals surface area contributed by atoms with Gasteiger partial charge in [0, 0.05) is 32.1 Å². The second-order valence-electron chi connectivity index (χ2n) is 5.63. The van der Waals surface area contributed by atoms with Crippen LogP contribution >= 0.6 is 0 Å². The second-order valence-corrected chi connectivity index (χ2v) is 5.63. The standard InChI is InChI=1S/C17H26N2O/c1-2-17(20)18-16-10-12-19(13-11-16)14-15-8-6-4-3-5-7-9-15/h3-6,9,16H,2,7-8,10-14H2,1H3,(H,18,20)/b5-3-,6-4?,15-9+. The van der Waals surface area contributed by atoms with E-state index in [0.717, 1.165) is 45.3 Å². The molecule has 1 aliphatic heterocycles. The maximum atomic E-state index is 11.4. The highest BCUT2D eigenvalue weighted by Gasteiger charge is 2.20. The number of nitrogens with zero attached hydrogens (tertiary/aromatic N) is 1. The number of carbonyl (C=O) groups is 1. The molecule has 3 heteroatoms. The fraction of sp³-hybridized carbons (Fsp3) is 0.588. The number of nitrogens with one attached hydrogen (secondary N) is 1. The van der Waals surface area contributed by atoms with Crippen molar-refractivity contribution in [3.63, 3.8) is 0 Å². The summed E-state index contributed by atoms with van der Waals surface area (Å²) in [7, 11) is 0. The summed E-state index contributed by atoms with van der Waals surface area (Å²) in [6, 6.07) is 0.382. The molecule has 1 amide bonds. The molecule has 2 aliphatic rings. The Morgan fingerprint density at radius 1 is 1.30 bits per heavy atom. The number of carbonyl (C=O) groups excluding carboxylic acids is 1. The number of hydrogen-bond donors (Lipinski definition) is 1. The number of rotatable bonds is 4. The maximum Gasteiger partial charge on any atom is 0.219 e. The molecular weight excluding hydrogens is 248 g/mol. The van der Waals surface area contributed by atoms with Gasteiger partial charge >= 0.3 is 0 Å². The van der Waals surface area contributed by atoms with Gasteiger partial charge in [0.25, 0.3) is 0 Å². The summed E-state index contributed by atoms with van der Waals surface area (Å²) >= 11 is 0. The van der Waals surface area contributed by atoms with Gasteiger partial charge in [0.15, 0.2) is 0 Å². The Hall–Kier alpha value is -1.35. The van der Waals surface area contributed by atoms with Crippen molar-refractivity contribution in [2.75, 3.05) is 19.6 Å². The Labute approximate surface area is 122 Å². The van der Waals surface area contributed by atoms with E-state index in [1.54, 1.807) is 0 Å². The molecule has 1 N–H and O–H groups in total. The summed E-state index contributed by atoms with van der Waals surface area (Å²) in [6.07, 6.45) is 15.9. The van der Waals surface area contributed by atoms with E-state index in [1.807, 2.05) is 6.92 Å². The Bertz CT molecular complexity index is 401. The van der Waals surface area contributed by atoms with Gasteiger partial charge in [0.2, 0.25) is 5.91 Å². The molecule has 20 heavy (non-hydrogen) atoms. The van der Waals surface area contributed by atoms with Crippen LogP contribution in [-0.2, 0) is 4.79 Å². The van der Waals surface area contributed by atoms with Crippen LogP contribution in [0.4, 0.5) is 0 Å². The summed E-state index contributed by atoms with van der Waals surface area (Å²) < 4.78 is 0. The van der Waals surface area contributed by atoms with Crippen molar-refractivity contribution >= 4 is 5.91 Å². The van der Waals surface area contributed by atoms with Crippen LogP contribution in [0, 0.1) is 0 Å². The van der Waals surface area contributed by atoms with Crippen LogP contribution in [0.1, 0.15) is 39.0 Å². The molecule has 0 atom stereocenters. The molecule has 0 aromatic rings. The molecular formula is C17H26N2O. The zero-order chi connectivity index (χ0) is 14.2. The molecule has 1 saturated heterocycles. The average molecular weight is 274 g/mol. The fourth-order valence-electron chi connectivity index (χ4n) is 2.75. The molecule has 0 unspecified atom stereocenters. The van der Waals surface area contributed by atoms with Crippen molar-refractivity contribution in [1.29, 1.82) is 0 Å². The first-order valence-corrected chi connectivity index (χ1v) is 7.79. The zero-order valence-electron chi connectivity index (χ0n) is 12.5. The van der Waals surface area contributed by atoms with Gasteiger partial charge in [-0.15, -0.1) is 0 Å².